The zero-order valence-corrected chi connectivity index (χ0v) is 9.06. The smallest absolute Gasteiger partial charge is 0.327 e. The highest BCUT2D eigenvalue weighted by Crippen LogP contribution is 2.38. The zero-order valence-electron chi connectivity index (χ0n) is 8.25. The lowest BCUT2D eigenvalue weighted by Crippen LogP contribution is -2.46. The highest BCUT2D eigenvalue weighted by atomic mass is 32.2. The maximum absolute atomic E-state index is 10.9. The summed E-state index contributed by atoms with van der Waals surface area (Å²) in [5, 5.41) is 12.3. The molecule has 1 heterocycles. The lowest BCUT2D eigenvalue weighted by atomic mass is 10.0. The molecule has 0 spiro atoms. The van der Waals surface area contributed by atoms with E-state index in [1.165, 1.54) is 23.4 Å². The molecule has 1 aliphatic heterocycles. The number of rotatable bonds is 1. The second-order valence-corrected chi connectivity index (χ2v) is 5.36. The van der Waals surface area contributed by atoms with Crippen molar-refractivity contribution < 1.29 is 9.90 Å². The first-order chi connectivity index (χ1) is 6.68. The summed E-state index contributed by atoms with van der Waals surface area (Å²) in [5.41, 5.74) is 1.19. The van der Waals surface area contributed by atoms with Gasteiger partial charge >= 0.3 is 5.97 Å². The molecular formula is C10H15NO2S. The molecular weight excluding hydrogens is 198 g/mol. The molecule has 2 unspecified atom stereocenters. The molecule has 1 aliphatic carbocycles. The van der Waals surface area contributed by atoms with E-state index in [2.05, 4.69) is 5.32 Å². The summed E-state index contributed by atoms with van der Waals surface area (Å²) in [4.78, 5) is 12.3. The van der Waals surface area contributed by atoms with Crippen molar-refractivity contribution in [1.29, 1.82) is 0 Å². The van der Waals surface area contributed by atoms with Gasteiger partial charge in [-0.15, -0.1) is 11.8 Å². The van der Waals surface area contributed by atoms with E-state index in [1.54, 1.807) is 11.8 Å². The van der Waals surface area contributed by atoms with Crippen LogP contribution in [0.25, 0.3) is 0 Å². The van der Waals surface area contributed by atoms with Gasteiger partial charge in [-0.1, -0.05) is 6.92 Å². The van der Waals surface area contributed by atoms with Crippen LogP contribution in [0.15, 0.2) is 10.6 Å². The molecule has 0 saturated carbocycles. The van der Waals surface area contributed by atoms with Crippen LogP contribution in [0.4, 0.5) is 0 Å². The Balaban J connectivity index is 2.17. The molecule has 0 aromatic rings. The second kappa shape index (κ2) is 3.85. The van der Waals surface area contributed by atoms with Gasteiger partial charge in [-0.2, -0.15) is 0 Å². The molecule has 0 amide bonds. The molecule has 0 bridgehead atoms. The van der Waals surface area contributed by atoms with Crippen LogP contribution in [0.5, 0.6) is 0 Å². The lowest BCUT2D eigenvalue weighted by Gasteiger charge is -2.33. The highest BCUT2D eigenvalue weighted by molar-refractivity contribution is 8.03. The van der Waals surface area contributed by atoms with Crippen LogP contribution in [-0.4, -0.2) is 22.4 Å². The van der Waals surface area contributed by atoms with Crippen LogP contribution < -0.4 is 5.32 Å². The zero-order chi connectivity index (χ0) is 10.1. The maximum Gasteiger partial charge on any atom is 0.327 e. The van der Waals surface area contributed by atoms with Gasteiger partial charge in [0.2, 0.25) is 0 Å². The van der Waals surface area contributed by atoms with Crippen molar-refractivity contribution in [2.75, 3.05) is 0 Å². The van der Waals surface area contributed by atoms with E-state index in [0.29, 0.717) is 0 Å². The maximum atomic E-state index is 10.9. The van der Waals surface area contributed by atoms with E-state index >= 15 is 0 Å². The minimum absolute atomic E-state index is 0.143. The summed E-state index contributed by atoms with van der Waals surface area (Å²) in [5.74, 6) is -0.734. The van der Waals surface area contributed by atoms with E-state index in [-0.39, 0.29) is 5.25 Å². The normalized spacial score (nSPS) is 32.1. The third kappa shape index (κ3) is 1.75. The number of carboxylic acids is 1. The summed E-state index contributed by atoms with van der Waals surface area (Å²) in [6.07, 6.45) is 4.59. The van der Waals surface area contributed by atoms with Gasteiger partial charge < -0.3 is 10.4 Å². The summed E-state index contributed by atoms with van der Waals surface area (Å²) in [6.45, 7) is 1.98. The van der Waals surface area contributed by atoms with Crippen LogP contribution in [0.1, 0.15) is 32.6 Å². The summed E-state index contributed by atoms with van der Waals surface area (Å²) in [6, 6.07) is -0.406. The molecule has 0 saturated heterocycles. The second-order valence-electron chi connectivity index (χ2n) is 3.89. The molecule has 4 heteroatoms. The molecule has 3 nitrogen and oxygen atoms in total. The molecule has 0 fully saturated rings. The van der Waals surface area contributed by atoms with Gasteiger partial charge in [0, 0.05) is 15.9 Å². The Morgan fingerprint density at radius 1 is 1.50 bits per heavy atom. The number of aliphatic carboxylic acids is 1. The molecule has 0 aromatic carbocycles. The van der Waals surface area contributed by atoms with Crippen molar-refractivity contribution in [3.63, 3.8) is 0 Å². The number of hydrogen-bond acceptors (Lipinski definition) is 3. The Hall–Kier alpha value is -0.640. The third-order valence-electron chi connectivity index (χ3n) is 2.81. The predicted molar refractivity (Wildman–Crippen MR) is 57.1 cm³/mol. The lowest BCUT2D eigenvalue weighted by molar-refractivity contribution is -0.139. The molecule has 0 radical (unpaired) electrons. The van der Waals surface area contributed by atoms with E-state index in [9.17, 15) is 4.79 Å². The molecule has 2 N–H and O–H groups in total. The van der Waals surface area contributed by atoms with Gasteiger partial charge in [-0.3, -0.25) is 0 Å². The van der Waals surface area contributed by atoms with Crippen molar-refractivity contribution in [2.45, 2.75) is 43.9 Å². The van der Waals surface area contributed by atoms with Crippen LogP contribution in [0.2, 0.25) is 0 Å². The van der Waals surface area contributed by atoms with Gasteiger partial charge in [0.25, 0.3) is 0 Å². The number of allylic oxidation sites excluding steroid dienone is 2. The highest BCUT2D eigenvalue weighted by Gasteiger charge is 2.32. The van der Waals surface area contributed by atoms with Gasteiger partial charge in [0.1, 0.15) is 6.04 Å². The Labute approximate surface area is 88.0 Å². The van der Waals surface area contributed by atoms with E-state index in [1.807, 2.05) is 6.92 Å². The summed E-state index contributed by atoms with van der Waals surface area (Å²) in [7, 11) is 0. The number of thioether (sulfide) groups is 1. The first kappa shape index (κ1) is 9.90. The summed E-state index contributed by atoms with van der Waals surface area (Å²) < 4.78 is 0. The van der Waals surface area contributed by atoms with Crippen molar-refractivity contribution in [3.8, 4) is 0 Å². The number of hydrogen-bond donors (Lipinski definition) is 2. The molecule has 2 atom stereocenters. The first-order valence-corrected chi connectivity index (χ1v) is 5.94. The number of carboxylic acid groups (broad SMARTS) is 1. The van der Waals surface area contributed by atoms with Crippen molar-refractivity contribution >= 4 is 17.7 Å². The van der Waals surface area contributed by atoms with Crippen molar-refractivity contribution in [3.05, 3.63) is 10.6 Å². The third-order valence-corrected chi connectivity index (χ3v) is 4.19. The van der Waals surface area contributed by atoms with Crippen LogP contribution in [0, 0.1) is 0 Å². The first-order valence-electron chi connectivity index (χ1n) is 5.06. The Morgan fingerprint density at radius 2 is 2.21 bits per heavy atom. The largest absolute Gasteiger partial charge is 0.480 e. The van der Waals surface area contributed by atoms with Crippen LogP contribution >= 0.6 is 11.8 Å². The fraction of sp³-hybridized carbons (Fsp3) is 0.700. The van der Waals surface area contributed by atoms with Crippen molar-refractivity contribution in [1.82, 2.24) is 5.32 Å². The average molecular weight is 213 g/mol. The monoisotopic (exact) mass is 213 g/mol. The standard InChI is InChI=1S/C10H15NO2S/c1-6-9(10(12)13)11-7-4-2-3-5-8(7)14-6/h6,9,11H,2-5H2,1H3,(H,12,13). The number of nitrogens with one attached hydrogen (secondary N) is 1. The molecule has 0 aromatic heterocycles. The van der Waals surface area contributed by atoms with E-state index < -0.39 is 12.0 Å². The Morgan fingerprint density at radius 3 is 2.93 bits per heavy atom. The van der Waals surface area contributed by atoms with Gasteiger partial charge in [-0.05, 0) is 25.7 Å². The van der Waals surface area contributed by atoms with Gasteiger partial charge in [0.15, 0.2) is 0 Å². The van der Waals surface area contributed by atoms with Crippen LogP contribution in [0.3, 0.4) is 0 Å². The van der Waals surface area contributed by atoms with Gasteiger partial charge in [0.05, 0.1) is 0 Å². The Kier molecular flexibility index (Phi) is 2.72. The quantitative estimate of drug-likeness (QED) is 0.699. The Bertz CT molecular complexity index is 288. The minimum atomic E-state index is -0.734. The fourth-order valence-electron chi connectivity index (χ4n) is 2.02. The minimum Gasteiger partial charge on any atom is -0.480 e. The van der Waals surface area contributed by atoms with Crippen LogP contribution in [-0.2, 0) is 4.79 Å². The molecule has 78 valence electrons. The predicted octanol–water partition coefficient (Wildman–Crippen LogP) is 1.95. The van der Waals surface area contributed by atoms with E-state index in [0.717, 1.165) is 12.8 Å². The summed E-state index contributed by atoms with van der Waals surface area (Å²) >= 11 is 1.74. The molecule has 14 heavy (non-hydrogen) atoms. The van der Waals surface area contributed by atoms with Gasteiger partial charge in [-0.25, -0.2) is 4.79 Å². The van der Waals surface area contributed by atoms with E-state index in [4.69, 9.17) is 5.11 Å². The fourth-order valence-corrected chi connectivity index (χ4v) is 3.36. The van der Waals surface area contributed by atoms with Crippen molar-refractivity contribution in [2.24, 2.45) is 0 Å². The molecule has 2 aliphatic rings. The average Bonchev–Trinajstić information content (AvgIpc) is 2.16. The number of carbonyl (C=O) groups is 1. The SMILES string of the molecule is CC1SC2=C(CCCC2)NC1C(=O)O. The molecule has 2 rings (SSSR count). The topological polar surface area (TPSA) is 49.3 Å².